The minimum atomic E-state index is -2.22. The van der Waals surface area contributed by atoms with Crippen LogP contribution in [-0.2, 0) is 29.6 Å². The Hall–Kier alpha value is -4.82. The Bertz CT molecular complexity index is 1670. The highest BCUT2D eigenvalue weighted by Crippen LogP contribution is 2.39. The van der Waals surface area contributed by atoms with Crippen LogP contribution in [0.2, 0.25) is 0 Å². The molecule has 4 aromatic rings. The van der Waals surface area contributed by atoms with Gasteiger partial charge in [-0.05, 0) is 63.2 Å². The van der Waals surface area contributed by atoms with E-state index in [1.165, 1.54) is 42.6 Å². The van der Waals surface area contributed by atoms with Gasteiger partial charge in [0, 0.05) is 23.5 Å². The number of H-pyrrole nitrogens is 1. The van der Waals surface area contributed by atoms with Crippen molar-refractivity contribution in [2.24, 2.45) is 11.1 Å². The van der Waals surface area contributed by atoms with E-state index >= 15 is 0 Å². The maximum absolute atomic E-state index is 13.8. The van der Waals surface area contributed by atoms with Crippen molar-refractivity contribution < 1.29 is 37.0 Å². The number of nitrogens with one attached hydrogen (secondary N) is 2. The fraction of sp³-hybridized carbons (Fsp3) is 0.276. The van der Waals surface area contributed by atoms with Crippen LogP contribution in [0.25, 0.3) is 22.6 Å². The number of nitrogens with two attached hydrogens (primary N) is 1. The lowest BCUT2D eigenvalue weighted by Gasteiger charge is -2.40. The number of nitrogens with zero attached hydrogens (tertiary/aromatic N) is 3. The summed E-state index contributed by atoms with van der Waals surface area (Å²) < 4.78 is 57.9. The lowest BCUT2D eigenvalue weighted by molar-refractivity contribution is -0.294. The second kappa shape index (κ2) is 11.5. The number of carbonyl (C=O) groups excluding carboxylic acids is 2. The number of halogens is 3. The lowest BCUT2D eigenvalue weighted by atomic mass is 9.91. The fourth-order valence-corrected chi connectivity index (χ4v) is 4.27. The number of ether oxygens (including phenoxy) is 3. The molecule has 1 amide bonds. The van der Waals surface area contributed by atoms with Crippen molar-refractivity contribution in [1.29, 1.82) is 0 Å². The number of hydrogen-bond acceptors (Lipinski definition) is 9. The third-order valence-corrected chi connectivity index (χ3v) is 6.57. The van der Waals surface area contributed by atoms with E-state index in [0.717, 1.165) is 12.1 Å². The normalized spacial score (nSPS) is 20.2. The van der Waals surface area contributed by atoms with Crippen molar-refractivity contribution in [3.8, 4) is 22.6 Å². The molecule has 5 rings (SSSR count). The molecule has 0 bridgehead atoms. The van der Waals surface area contributed by atoms with Crippen molar-refractivity contribution in [2.75, 3.05) is 18.5 Å². The van der Waals surface area contributed by atoms with E-state index in [-0.39, 0.29) is 53.9 Å². The molecule has 1 fully saturated rings. The van der Waals surface area contributed by atoms with Crippen LogP contribution in [0.5, 0.6) is 0 Å². The van der Waals surface area contributed by atoms with E-state index in [9.17, 15) is 22.8 Å². The standard InChI is InChI=1S/C29H27F3N6O5/c1-15(2)43-26(40)28(3)13-41-29(24(33)39,42-14-28)25-37-22(16-4-6-17(30)7-5-16)23(38-25)21-10-11-34-27(36-21)35-18-8-9-19(31)20(32)12-18/h4-12,15H,13-14H2,1-3H3,(H2,33,39)(H,37,38)(H,34,35,36). The molecule has 11 nitrogen and oxygen atoms in total. The van der Waals surface area contributed by atoms with E-state index in [4.69, 9.17) is 19.9 Å². The summed E-state index contributed by atoms with van der Waals surface area (Å²) in [4.78, 5) is 41.7. The molecular weight excluding hydrogens is 569 g/mol. The molecule has 1 aliphatic heterocycles. The van der Waals surface area contributed by atoms with Gasteiger partial charge >= 0.3 is 11.8 Å². The molecule has 0 unspecified atom stereocenters. The van der Waals surface area contributed by atoms with Crippen LogP contribution in [0, 0.1) is 22.9 Å². The molecule has 0 spiro atoms. The molecule has 0 atom stereocenters. The molecule has 0 aliphatic carbocycles. The minimum Gasteiger partial charge on any atom is -0.462 e. The minimum absolute atomic E-state index is 0.0268. The van der Waals surface area contributed by atoms with Crippen molar-refractivity contribution in [3.63, 3.8) is 0 Å². The van der Waals surface area contributed by atoms with Crippen LogP contribution in [0.4, 0.5) is 24.8 Å². The van der Waals surface area contributed by atoms with Gasteiger partial charge in [0.2, 0.25) is 5.95 Å². The number of amides is 1. The van der Waals surface area contributed by atoms with Crippen LogP contribution < -0.4 is 11.1 Å². The SMILES string of the molecule is CC(C)OC(=O)C1(C)COC(C(N)=O)(c2nc(-c3ccc(F)cc3)c(-c3ccnc(Nc4ccc(F)c(F)c4)n3)[nH]2)OC1. The molecule has 3 heterocycles. The highest BCUT2D eigenvalue weighted by Gasteiger charge is 2.54. The average Bonchev–Trinajstić information content (AvgIpc) is 3.42. The molecule has 2 aromatic carbocycles. The van der Waals surface area contributed by atoms with Crippen LogP contribution in [0.3, 0.4) is 0 Å². The van der Waals surface area contributed by atoms with E-state index in [1.807, 2.05) is 0 Å². The zero-order valence-corrected chi connectivity index (χ0v) is 23.3. The highest BCUT2D eigenvalue weighted by molar-refractivity contribution is 5.85. The smallest absolute Gasteiger partial charge is 0.316 e. The quantitative estimate of drug-likeness (QED) is 0.252. The summed E-state index contributed by atoms with van der Waals surface area (Å²) in [6.07, 6.45) is 1.02. The third-order valence-electron chi connectivity index (χ3n) is 6.57. The van der Waals surface area contributed by atoms with Crippen LogP contribution in [0.15, 0.2) is 54.7 Å². The monoisotopic (exact) mass is 596 g/mol. The third kappa shape index (κ3) is 5.92. The summed E-state index contributed by atoms with van der Waals surface area (Å²) in [6, 6.07) is 10.1. The molecule has 0 saturated carbocycles. The predicted octanol–water partition coefficient (Wildman–Crippen LogP) is 4.34. The molecule has 0 radical (unpaired) electrons. The van der Waals surface area contributed by atoms with E-state index in [2.05, 4.69) is 25.3 Å². The number of imidazole rings is 1. The van der Waals surface area contributed by atoms with E-state index in [1.54, 1.807) is 20.8 Å². The number of benzene rings is 2. The lowest BCUT2D eigenvalue weighted by Crippen LogP contribution is -2.56. The zero-order valence-electron chi connectivity index (χ0n) is 23.3. The molecule has 224 valence electrons. The molecule has 1 saturated heterocycles. The number of rotatable bonds is 8. The Morgan fingerprint density at radius 3 is 2.35 bits per heavy atom. The van der Waals surface area contributed by atoms with Crippen molar-refractivity contribution in [1.82, 2.24) is 19.9 Å². The Labute approximate surface area is 243 Å². The second-order valence-corrected chi connectivity index (χ2v) is 10.4. The first kappa shape index (κ1) is 29.7. The van der Waals surface area contributed by atoms with Crippen LogP contribution >= 0.6 is 0 Å². The predicted molar refractivity (Wildman–Crippen MR) is 147 cm³/mol. The van der Waals surface area contributed by atoms with Crippen molar-refractivity contribution >= 4 is 23.5 Å². The van der Waals surface area contributed by atoms with Crippen molar-refractivity contribution in [3.05, 3.63) is 78.0 Å². The topological polar surface area (TPSA) is 154 Å². The largest absolute Gasteiger partial charge is 0.462 e. The second-order valence-electron chi connectivity index (χ2n) is 10.4. The van der Waals surface area contributed by atoms with Gasteiger partial charge in [-0.15, -0.1) is 0 Å². The Balaban J connectivity index is 1.55. The summed E-state index contributed by atoms with van der Waals surface area (Å²) in [5, 5.41) is 2.80. The van der Waals surface area contributed by atoms with Gasteiger partial charge in [0.05, 0.1) is 36.4 Å². The number of aromatic nitrogens is 4. The Morgan fingerprint density at radius 1 is 1.02 bits per heavy atom. The number of hydrogen-bond donors (Lipinski definition) is 3. The Morgan fingerprint density at radius 2 is 1.72 bits per heavy atom. The molecule has 14 heteroatoms. The summed E-state index contributed by atoms with van der Waals surface area (Å²) >= 11 is 0. The molecular formula is C29H27F3N6O5. The zero-order chi connectivity index (χ0) is 30.9. The number of primary amides is 1. The van der Waals surface area contributed by atoms with Gasteiger partial charge in [-0.25, -0.2) is 28.1 Å². The van der Waals surface area contributed by atoms with Gasteiger partial charge in [0.25, 0.3) is 5.91 Å². The van der Waals surface area contributed by atoms with Crippen molar-refractivity contribution in [2.45, 2.75) is 32.7 Å². The number of esters is 1. The number of carbonyl (C=O) groups is 2. The van der Waals surface area contributed by atoms with Gasteiger partial charge in [-0.1, -0.05) is 0 Å². The van der Waals surface area contributed by atoms with Gasteiger partial charge < -0.3 is 30.2 Å². The van der Waals surface area contributed by atoms with Gasteiger partial charge in [0.15, 0.2) is 17.5 Å². The number of aromatic amines is 1. The first-order valence-corrected chi connectivity index (χ1v) is 13.1. The fourth-order valence-electron chi connectivity index (χ4n) is 4.27. The molecule has 43 heavy (non-hydrogen) atoms. The van der Waals surface area contributed by atoms with E-state index in [0.29, 0.717) is 5.56 Å². The molecule has 4 N–H and O–H groups in total. The van der Waals surface area contributed by atoms with Crippen LogP contribution in [-0.4, -0.2) is 51.1 Å². The van der Waals surface area contributed by atoms with Gasteiger partial charge in [-0.2, -0.15) is 0 Å². The Kier molecular flexibility index (Phi) is 7.90. The van der Waals surface area contributed by atoms with Crippen LogP contribution in [0.1, 0.15) is 26.6 Å². The maximum Gasteiger partial charge on any atom is 0.316 e. The number of anilines is 2. The maximum atomic E-state index is 13.8. The summed E-state index contributed by atoms with van der Waals surface area (Å²) in [5.41, 5.74) is 5.89. The summed E-state index contributed by atoms with van der Waals surface area (Å²) in [5.74, 6) is -6.51. The average molecular weight is 597 g/mol. The molecule has 2 aromatic heterocycles. The van der Waals surface area contributed by atoms with Gasteiger partial charge in [0.1, 0.15) is 11.2 Å². The first-order valence-electron chi connectivity index (χ1n) is 13.1. The van der Waals surface area contributed by atoms with E-state index < -0.39 is 40.5 Å². The highest BCUT2D eigenvalue weighted by atomic mass is 19.2. The first-order chi connectivity index (χ1) is 20.4. The molecule has 1 aliphatic rings. The summed E-state index contributed by atoms with van der Waals surface area (Å²) in [7, 11) is 0. The van der Waals surface area contributed by atoms with Gasteiger partial charge in [-0.3, -0.25) is 9.59 Å². The summed E-state index contributed by atoms with van der Waals surface area (Å²) in [6.45, 7) is 4.42.